The lowest BCUT2D eigenvalue weighted by molar-refractivity contribution is -0.121. The number of ether oxygens (including phenoxy) is 3. The van der Waals surface area contributed by atoms with E-state index in [2.05, 4.69) is 35.3 Å². The summed E-state index contributed by atoms with van der Waals surface area (Å²) >= 11 is 0. The third-order valence-corrected chi connectivity index (χ3v) is 6.86. The fraction of sp³-hybridized carbons (Fsp3) is 0.433. The zero-order valence-electron chi connectivity index (χ0n) is 21.1. The summed E-state index contributed by atoms with van der Waals surface area (Å²) in [5.74, 6) is 3.70. The van der Waals surface area contributed by atoms with Crippen molar-refractivity contribution >= 4 is 5.91 Å². The van der Waals surface area contributed by atoms with Crippen LogP contribution >= 0.6 is 0 Å². The molecule has 0 saturated carbocycles. The quantitative estimate of drug-likeness (QED) is 0.544. The molecule has 2 aromatic rings. The molecule has 36 heavy (non-hydrogen) atoms. The van der Waals surface area contributed by atoms with Crippen LogP contribution in [0, 0.1) is 5.92 Å². The topological polar surface area (TPSA) is 60.0 Å². The normalized spacial score (nSPS) is 20.3. The van der Waals surface area contributed by atoms with Gasteiger partial charge in [-0.15, -0.1) is 0 Å². The zero-order valence-corrected chi connectivity index (χ0v) is 21.1. The van der Waals surface area contributed by atoms with Crippen LogP contribution in [0.25, 0.3) is 0 Å². The molecule has 0 aromatic heterocycles. The Morgan fingerprint density at radius 3 is 2.67 bits per heavy atom. The number of fused-ring (bicyclic) bond motifs is 1. The van der Waals surface area contributed by atoms with Crippen LogP contribution in [0.15, 0.2) is 72.0 Å². The van der Waals surface area contributed by atoms with E-state index in [0.29, 0.717) is 25.6 Å². The second-order valence-electron chi connectivity index (χ2n) is 10.1. The molecule has 3 aliphatic rings. The van der Waals surface area contributed by atoms with Gasteiger partial charge >= 0.3 is 0 Å². The van der Waals surface area contributed by atoms with Gasteiger partial charge in [-0.1, -0.05) is 37.3 Å². The van der Waals surface area contributed by atoms with Crippen LogP contribution in [-0.4, -0.2) is 49.7 Å². The van der Waals surface area contributed by atoms with Gasteiger partial charge in [-0.25, -0.2) is 0 Å². The average Bonchev–Trinajstić information content (AvgIpc) is 3.37. The van der Waals surface area contributed by atoms with Crippen molar-refractivity contribution in [2.45, 2.75) is 45.1 Å². The molecule has 0 bridgehead atoms. The molecule has 1 unspecified atom stereocenters. The largest absolute Gasteiger partial charge is 0.486 e. The molecule has 6 heteroatoms. The zero-order chi connectivity index (χ0) is 24.7. The molecule has 1 saturated heterocycles. The maximum absolute atomic E-state index is 13.2. The van der Waals surface area contributed by atoms with Crippen LogP contribution in [0.5, 0.6) is 17.2 Å². The third-order valence-electron chi connectivity index (χ3n) is 6.86. The highest BCUT2D eigenvalue weighted by atomic mass is 16.6. The van der Waals surface area contributed by atoms with E-state index < -0.39 is 0 Å². The van der Waals surface area contributed by atoms with Crippen LogP contribution in [0.3, 0.4) is 0 Å². The average molecular weight is 489 g/mol. The van der Waals surface area contributed by atoms with Gasteiger partial charge in [0.2, 0.25) is 5.91 Å². The van der Waals surface area contributed by atoms with Gasteiger partial charge in [0.15, 0.2) is 11.5 Å². The highest BCUT2D eigenvalue weighted by molar-refractivity contribution is 5.79. The lowest BCUT2D eigenvalue weighted by atomic mass is 9.94. The van der Waals surface area contributed by atoms with Gasteiger partial charge in [0, 0.05) is 19.0 Å². The number of benzene rings is 2. The number of hydrogen-bond donors (Lipinski definition) is 1. The van der Waals surface area contributed by atoms with Crippen molar-refractivity contribution in [3.63, 3.8) is 0 Å². The predicted molar refractivity (Wildman–Crippen MR) is 140 cm³/mol. The smallest absolute Gasteiger partial charge is 0.224 e. The molecule has 2 heterocycles. The van der Waals surface area contributed by atoms with Crippen LogP contribution in [-0.2, 0) is 11.2 Å². The van der Waals surface area contributed by atoms with Crippen molar-refractivity contribution in [2.75, 3.05) is 32.8 Å². The SMILES string of the molecule is CC1C=C(CC(=O)N[C@@H](Cc2ccc3c(c2)OCCO3)CN2CCCC2)C=C(Oc2ccccc2)C1. The number of hydrogen-bond acceptors (Lipinski definition) is 5. The molecule has 1 fully saturated rings. The number of allylic oxidation sites excluding steroid dienone is 3. The fourth-order valence-electron chi connectivity index (χ4n) is 5.28. The Kier molecular flexibility index (Phi) is 7.91. The lowest BCUT2D eigenvalue weighted by Gasteiger charge is -2.26. The van der Waals surface area contributed by atoms with Gasteiger partial charge in [-0.05, 0) is 79.7 Å². The maximum Gasteiger partial charge on any atom is 0.224 e. The number of para-hydroxylation sites is 1. The van der Waals surface area contributed by atoms with E-state index in [1.165, 1.54) is 12.8 Å². The van der Waals surface area contributed by atoms with Crippen LogP contribution in [0.4, 0.5) is 0 Å². The summed E-state index contributed by atoms with van der Waals surface area (Å²) in [6.07, 6.45) is 8.61. The minimum atomic E-state index is 0.0313. The molecule has 0 radical (unpaired) electrons. The number of nitrogens with one attached hydrogen (secondary N) is 1. The molecule has 1 N–H and O–H groups in total. The van der Waals surface area contributed by atoms with Gasteiger partial charge < -0.3 is 24.4 Å². The van der Waals surface area contributed by atoms with Crippen molar-refractivity contribution in [1.82, 2.24) is 10.2 Å². The third kappa shape index (κ3) is 6.70. The Balaban J connectivity index is 1.24. The highest BCUT2D eigenvalue weighted by Crippen LogP contribution is 2.31. The lowest BCUT2D eigenvalue weighted by Crippen LogP contribution is -2.44. The van der Waals surface area contributed by atoms with E-state index in [1.54, 1.807) is 0 Å². The first kappa shape index (κ1) is 24.4. The summed E-state index contributed by atoms with van der Waals surface area (Å²) in [6, 6.07) is 16.0. The van der Waals surface area contributed by atoms with Gasteiger partial charge in [-0.3, -0.25) is 4.79 Å². The van der Waals surface area contributed by atoms with Crippen molar-refractivity contribution in [2.24, 2.45) is 5.92 Å². The van der Waals surface area contributed by atoms with Crippen LogP contribution in [0.2, 0.25) is 0 Å². The number of amides is 1. The Labute approximate surface area is 213 Å². The van der Waals surface area contributed by atoms with E-state index in [-0.39, 0.29) is 11.9 Å². The fourth-order valence-corrected chi connectivity index (χ4v) is 5.28. The minimum absolute atomic E-state index is 0.0313. The minimum Gasteiger partial charge on any atom is -0.486 e. The molecular weight excluding hydrogens is 452 g/mol. The molecule has 2 atom stereocenters. The second kappa shape index (κ2) is 11.7. The van der Waals surface area contributed by atoms with Crippen molar-refractivity contribution in [3.05, 3.63) is 77.6 Å². The highest BCUT2D eigenvalue weighted by Gasteiger charge is 2.22. The molecule has 1 aliphatic carbocycles. The standard InChI is InChI=1S/C30H36N2O4/c1-22-15-24(18-27(16-22)36-26-7-3-2-4-8-26)20-30(33)31-25(21-32-11-5-6-12-32)17-23-9-10-28-29(19-23)35-14-13-34-28/h2-4,7-10,15,18-19,22,25H,5-6,11-14,16-17,20-21H2,1H3,(H,31,33)/t22?,25-/m0/s1. The predicted octanol–water partition coefficient (Wildman–Crippen LogP) is 4.90. The van der Waals surface area contributed by atoms with Gasteiger partial charge in [0.1, 0.15) is 24.7 Å². The van der Waals surface area contributed by atoms with Gasteiger partial charge in [0.05, 0.1) is 6.42 Å². The summed E-state index contributed by atoms with van der Waals surface area (Å²) in [5, 5.41) is 3.34. The number of carbonyl (C=O) groups excluding carboxylic acids is 1. The van der Waals surface area contributed by atoms with Crippen molar-refractivity contribution in [3.8, 4) is 17.2 Å². The Bertz CT molecular complexity index is 1110. The van der Waals surface area contributed by atoms with E-state index >= 15 is 0 Å². The summed E-state index contributed by atoms with van der Waals surface area (Å²) in [7, 11) is 0. The molecule has 190 valence electrons. The first-order chi connectivity index (χ1) is 17.6. The number of likely N-dealkylation sites (tertiary alicyclic amines) is 1. The van der Waals surface area contributed by atoms with Crippen LogP contribution in [0.1, 0.15) is 38.2 Å². The van der Waals surface area contributed by atoms with Gasteiger partial charge in [0.25, 0.3) is 0 Å². The molecule has 2 aromatic carbocycles. The molecule has 2 aliphatic heterocycles. The summed E-state index contributed by atoms with van der Waals surface area (Å²) < 4.78 is 17.5. The van der Waals surface area contributed by atoms with Gasteiger partial charge in [-0.2, -0.15) is 0 Å². The Morgan fingerprint density at radius 1 is 1.08 bits per heavy atom. The van der Waals surface area contributed by atoms with E-state index in [9.17, 15) is 4.79 Å². The number of rotatable bonds is 9. The van der Waals surface area contributed by atoms with E-state index in [4.69, 9.17) is 14.2 Å². The first-order valence-corrected chi connectivity index (χ1v) is 13.1. The summed E-state index contributed by atoms with van der Waals surface area (Å²) in [5.41, 5.74) is 2.16. The van der Waals surface area contributed by atoms with E-state index in [1.807, 2.05) is 42.5 Å². The Morgan fingerprint density at radius 2 is 1.86 bits per heavy atom. The Hall–Kier alpha value is -3.25. The van der Waals surface area contributed by atoms with Crippen LogP contribution < -0.4 is 19.5 Å². The molecule has 6 nitrogen and oxygen atoms in total. The van der Waals surface area contributed by atoms with Crippen molar-refractivity contribution < 1.29 is 19.0 Å². The second-order valence-corrected chi connectivity index (χ2v) is 10.1. The number of nitrogens with zero attached hydrogens (tertiary/aromatic N) is 1. The summed E-state index contributed by atoms with van der Waals surface area (Å²) in [4.78, 5) is 15.7. The van der Waals surface area contributed by atoms with E-state index in [0.717, 1.165) is 66.6 Å². The van der Waals surface area contributed by atoms with Crippen molar-refractivity contribution in [1.29, 1.82) is 0 Å². The molecule has 5 rings (SSSR count). The monoisotopic (exact) mass is 488 g/mol. The molecule has 1 amide bonds. The first-order valence-electron chi connectivity index (χ1n) is 13.1. The molecular formula is C30H36N2O4. The molecule has 0 spiro atoms. The summed E-state index contributed by atoms with van der Waals surface area (Å²) in [6.45, 7) is 6.37. The maximum atomic E-state index is 13.2. The number of carbonyl (C=O) groups is 1.